The van der Waals surface area contributed by atoms with Gasteiger partial charge in [-0.1, -0.05) is 6.07 Å². The van der Waals surface area contributed by atoms with Gasteiger partial charge in [0, 0.05) is 49.2 Å². The Morgan fingerprint density at radius 1 is 0.815 bits per heavy atom. The van der Waals surface area contributed by atoms with Crippen molar-refractivity contribution < 1.29 is 47.4 Å². The van der Waals surface area contributed by atoms with E-state index in [1.807, 2.05) is 0 Å². The molecule has 8 atom stereocenters. The predicted octanol–water partition coefficient (Wildman–Crippen LogP) is 0.568. The van der Waals surface area contributed by atoms with Crippen LogP contribution < -0.4 is 37.7 Å². The lowest BCUT2D eigenvalue weighted by atomic mass is 10.1. The lowest BCUT2D eigenvalue weighted by molar-refractivity contribution is -0.0674. The third-order valence-corrected chi connectivity index (χ3v) is 9.08. The molecule has 0 spiro atoms. The number of nitrogens with two attached hydrogens (primary N) is 3. The number of hydrogen-bond donors (Lipinski definition) is 4. The molecule has 3 aromatic heterocycles. The molecule has 0 aliphatic carbocycles. The van der Waals surface area contributed by atoms with E-state index in [2.05, 4.69) is 25.3 Å². The van der Waals surface area contributed by atoms with Gasteiger partial charge in [0.05, 0.1) is 25.7 Å². The van der Waals surface area contributed by atoms with E-state index in [0.29, 0.717) is 60.5 Å². The molecule has 21 heteroatoms. The standard InChI is InChI=1S/C20H26N4O7.C13H20N6O4/c1-26-10-14-16(27-2)17(28-3)19(31-14)24-9-13-18(23-20(24)25)22-15-11(29-8-7-21)5-4-6-12(15)30-13;1-20-4-6-8(21-2)9(22-3)12(23-6)19-5-16-7-10(14)17-13(15)18-11(7)19/h4-6,9,14,16-17,19H,7-8,10,21H2,1-3H3,(H,22,23,25);5-6,8-9,12H,4H2,1-3H3,(H4,14,15,17,18)/t14-,16?,17+,19-;6-,8?,9+,12-/m11/s1. The minimum absolute atomic E-state index is 0.0699. The summed E-state index contributed by atoms with van der Waals surface area (Å²) >= 11 is 0. The van der Waals surface area contributed by atoms with Gasteiger partial charge in [-0.3, -0.25) is 9.13 Å². The monoisotopic (exact) mass is 758 g/mol. The molecule has 0 saturated carbocycles. The van der Waals surface area contributed by atoms with Gasteiger partial charge in [0.2, 0.25) is 5.95 Å². The normalized spacial score (nSPS) is 25.7. The number of nitrogens with zero attached hydrogens (tertiary/aromatic N) is 6. The van der Waals surface area contributed by atoms with Crippen LogP contribution in [0.25, 0.3) is 11.2 Å². The minimum atomic E-state index is -0.760. The van der Waals surface area contributed by atoms with Crippen LogP contribution in [0.4, 0.5) is 23.3 Å². The second kappa shape index (κ2) is 17.2. The van der Waals surface area contributed by atoms with Crippen molar-refractivity contribution in [3.63, 3.8) is 0 Å². The van der Waals surface area contributed by atoms with Gasteiger partial charge < -0.3 is 69.9 Å². The molecule has 3 aliphatic heterocycles. The molecule has 54 heavy (non-hydrogen) atoms. The van der Waals surface area contributed by atoms with Crippen molar-refractivity contribution in [3.05, 3.63) is 41.2 Å². The minimum Gasteiger partial charge on any atom is -0.490 e. The summed E-state index contributed by atoms with van der Waals surface area (Å²) in [5.41, 5.74) is 18.0. The van der Waals surface area contributed by atoms with Crippen LogP contribution in [0, 0.1) is 0 Å². The molecule has 0 amide bonds. The van der Waals surface area contributed by atoms with Gasteiger partial charge in [0.25, 0.3) is 0 Å². The Hall–Kier alpha value is -4.71. The van der Waals surface area contributed by atoms with Crippen LogP contribution >= 0.6 is 0 Å². The number of fused-ring (bicyclic) bond motifs is 3. The maximum Gasteiger partial charge on any atom is 0.351 e. The summed E-state index contributed by atoms with van der Waals surface area (Å²) in [6, 6.07) is 5.38. The molecule has 2 saturated heterocycles. The molecule has 2 fully saturated rings. The predicted molar refractivity (Wildman–Crippen MR) is 192 cm³/mol. The summed E-state index contributed by atoms with van der Waals surface area (Å²) in [5.74, 6) is 2.03. The number of aromatic nitrogens is 6. The Bertz CT molecular complexity index is 1950. The summed E-state index contributed by atoms with van der Waals surface area (Å²) in [6.45, 7) is 1.39. The molecule has 7 rings (SSSR count). The average molecular weight is 759 g/mol. The highest BCUT2D eigenvalue weighted by molar-refractivity contribution is 5.82. The smallest absolute Gasteiger partial charge is 0.351 e. The first kappa shape index (κ1) is 39.0. The number of nitrogen functional groups attached to an aromatic ring is 2. The Morgan fingerprint density at radius 3 is 2.04 bits per heavy atom. The number of imidazole rings is 1. The summed E-state index contributed by atoms with van der Waals surface area (Å²) in [6.07, 6.45) is -0.436. The summed E-state index contributed by atoms with van der Waals surface area (Å²) in [4.78, 5) is 29.4. The van der Waals surface area contributed by atoms with Gasteiger partial charge in [-0.15, -0.1) is 0 Å². The third kappa shape index (κ3) is 7.49. The summed E-state index contributed by atoms with van der Waals surface area (Å²) in [5, 5.41) is 3.12. The van der Waals surface area contributed by atoms with Gasteiger partial charge >= 0.3 is 5.69 Å². The molecule has 3 aliphatic rings. The molecular weight excluding hydrogens is 712 g/mol. The number of rotatable bonds is 13. The highest BCUT2D eigenvalue weighted by Crippen LogP contribution is 2.45. The molecule has 4 aromatic rings. The zero-order valence-electron chi connectivity index (χ0n) is 30.7. The van der Waals surface area contributed by atoms with Crippen molar-refractivity contribution in [1.29, 1.82) is 0 Å². The van der Waals surface area contributed by atoms with Gasteiger partial charge in [0.15, 0.2) is 41.2 Å². The van der Waals surface area contributed by atoms with E-state index in [1.54, 1.807) is 70.8 Å². The number of para-hydroxylation sites is 1. The second-order valence-electron chi connectivity index (χ2n) is 12.3. The molecule has 1 aromatic carbocycles. The molecule has 0 radical (unpaired) electrons. The van der Waals surface area contributed by atoms with Gasteiger partial charge in [-0.2, -0.15) is 15.0 Å². The Labute approximate surface area is 309 Å². The first-order chi connectivity index (χ1) is 26.2. The fraction of sp³-hybridized carbons (Fsp3) is 0.545. The van der Waals surface area contributed by atoms with E-state index in [1.165, 1.54) is 11.7 Å². The first-order valence-electron chi connectivity index (χ1n) is 16.9. The molecule has 7 N–H and O–H groups in total. The summed E-state index contributed by atoms with van der Waals surface area (Å²) in [7, 11) is 9.48. The van der Waals surface area contributed by atoms with Crippen molar-refractivity contribution in [2.45, 2.75) is 49.1 Å². The van der Waals surface area contributed by atoms with E-state index in [-0.39, 0.29) is 35.9 Å². The van der Waals surface area contributed by atoms with Crippen LogP contribution in [-0.2, 0) is 37.9 Å². The van der Waals surface area contributed by atoms with Gasteiger partial charge in [-0.05, 0) is 12.1 Å². The second-order valence-corrected chi connectivity index (χ2v) is 12.3. The van der Waals surface area contributed by atoms with Crippen LogP contribution in [-0.4, -0.2) is 135 Å². The van der Waals surface area contributed by atoms with Crippen LogP contribution in [0.5, 0.6) is 17.2 Å². The first-order valence-corrected chi connectivity index (χ1v) is 16.9. The summed E-state index contributed by atoms with van der Waals surface area (Å²) < 4.78 is 59.4. The third-order valence-electron chi connectivity index (χ3n) is 9.08. The van der Waals surface area contributed by atoms with Crippen LogP contribution in [0.15, 0.2) is 35.5 Å². The van der Waals surface area contributed by atoms with E-state index < -0.39 is 36.5 Å². The molecule has 21 nitrogen and oxygen atoms in total. The average Bonchev–Trinajstić information content (AvgIpc) is 3.86. The fourth-order valence-corrected chi connectivity index (χ4v) is 6.72. The lowest BCUT2D eigenvalue weighted by Crippen LogP contribution is -2.39. The quantitative estimate of drug-likeness (QED) is 0.128. The van der Waals surface area contributed by atoms with Crippen molar-refractivity contribution in [2.75, 3.05) is 85.8 Å². The zero-order valence-corrected chi connectivity index (χ0v) is 30.7. The van der Waals surface area contributed by atoms with Crippen LogP contribution in [0.1, 0.15) is 12.5 Å². The molecule has 2 unspecified atom stereocenters. The van der Waals surface area contributed by atoms with Crippen LogP contribution in [0.2, 0.25) is 0 Å². The number of hydrogen-bond acceptors (Lipinski definition) is 19. The van der Waals surface area contributed by atoms with Crippen molar-refractivity contribution in [1.82, 2.24) is 29.1 Å². The Morgan fingerprint density at radius 2 is 1.44 bits per heavy atom. The topological polar surface area (TPSA) is 261 Å². The van der Waals surface area contributed by atoms with Crippen molar-refractivity contribution >= 4 is 34.4 Å². The molecule has 6 heterocycles. The molecule has 0 bridgehead atoms. The molecular formula is C33H46N10O11. The highest BCUT2D eigenvalue weighted by Gasteiger charge is 2.48. The van der Waals surface area contributed by atoms with E-state index in [0.717, 1.165) is 0 Å². The SMILES string of the molecule is COC[C@H]1O[C@@H](n2cc3c(nc2=O)Nc2c(OCCN)cccc2O3)[C@@H](OC)C1OC.COC[C@H]1O[C@@H](n2cnc3c(N)nc(N)nc32)[C@@H](OC)C1OC. The van der Waals surface area contributed by atoms with Crippen molar-refractivity contribution in [3.8, 4) is 17.2 Å². The maximum atomic E-state index is 12.9. The number of methoxy groups -OCH3 is 6. The number of benzene rings is 1. The number of nitrogens with one attached hydrogen (secondary N) is 1. The van der Waals surface area contributed by atoms with E-state index >= 15 is 0 Å². The highest BCUT2D eigenvalue weighted by atomic mass is 16.6. The van der Waals surface area contributed by atoms with E-state index in [4.69, 9.17) is 64.6 Å². The number of anilines is 4. The largest absolute Gasteiger partial charge is 0.490 e. The zero-order chi connectivity index (χ0) is 38.5. The Kier molecular flexibility index (Phi) is 12.4. The van der Waals surface area contributed by atoms with Gasteiger partial charge in [-0.25, -0.2) is 9.78 Å². The number of ether oxygens (including phenoxy) is 10. The lowest BCUT2D eigenvalue weighted by Gasteiger charge is -2.25. The van der Waals surface area contributed by atoms with Crippen LogP contribution in [0.3, 0.4) is 0 Å². The van der Waals surface area contributed by atoms with E-state index in [9.17, 15) is 4.79 Å². The maximum absolute atomic E-state index is 12.9. The van der Waals surface area contributed by atoms with Gasteiger partial charge in [0.1, 0.15) is 60.2 Å². The van der Waals surface area contributed by atoms with Crippen molar-refractivity contribution in [2.24, 2.45) is 5.73 Å². The fourth-order valence-electron chi connectivity index (χ4n) is 6.72. The molecule has 294 valence electrons. The Balaban J connectivity index is 0.000000193.